The number of carbonyl (C=O) groups is 1. The monoisotopic (exact) mass is 320 g/mol. The fourth-order valence-corrected chi connectivity index (χ4v) is 3.12. The highest BCUT2D eigenvalue weighted by Gasteiger charge is 2.26. The van der Waals surface area contributed by atoms with Crippen molar-refractivity contribution >= 4 is 5.91 Å². The first-order chi connectivity index (χ1) is 11.1. The Hall–Kier alpha value is -1.43. The number of nitrogens with one attached hydrogen (secondary N) is 1. The van der Waals surface area contributed by atoms with Crippen molar-refractivity contribution in [2.24, 2.45) is 0 Å². The quantitative estimate of drug-likeness (QED) is 0.765. The second-order valence-corrected chi connectivity index (χ2v) is 6.38. The third-order valence-corrected chi connectivity index (χ3v) is 4.28. The minimum atomic E-state index is -0.311. The van der Waals surface area contributed by atoms with E-state index in [0.717, 1.165) is 36.9 Å². The van der Waals surface area contributed by atoms with Crippen LogP contribution in [0.15, 0.2) is 24.3 Å². The molecule has 1 aromatic carbocycles. The van der Waals surface area contributed by atoms with Crippen LogP contribution in [0.2, 0.25) is 0 Å². The molecule has 1 aromatic rings. The van der Waals surface area contributed by atoms with Crippen molar-refractivity contribution in [3.05, 3.63) is 35.4 Å². The maximum absolute atomic E-state index is 12.1. The molecule has 128 valence electrons. The number of benzene rings is 1. The van der Waals surface area contributed by atoms with E-state index < -0.39 is 0 Å². The molecule has 1 saturated heterocycles. The highest BCUT2D eigenvalue weighted by Crippen LogP contribution is 2.20. The van der Waals surface area contributed by atoms with Gasteiger partial charge < -0.3 is 15.2 Å². The van der Waals surface area contributed by atoms with Crippen LogP contribution in [0, 0.1) is 0 Å². The lowest BCUT2D eigenvalue weighted by Gasteiger charge is -2.24. The predicted octanol–water partition coefficient (Wildman–Crippen LogP) is 1.68. The number of ether oxygens (including phenoxy) is 1. The van der Waals surface area contributed by atoms with E-state index >= 15 is 0 Å². The fourth-order valence-electron chi connectivity index (χ4n) is 3.12. The highest BCUT2D eigenvalue weighted by molar-refractivity contribution is 5.78. The fraction of sp³-hybridized carbons (Fsp3) is 0.611. The van der Waals surface area contributed by atoms with Crippen molar-refractivity contribution in [3.8, 4) is 0 Å². The number of likely N-dealkylation sites (tertiary alicyclic amines) is 1. The van der Waals surface area contributed by atoms with Gasteiger partial charge in [-0.3, -0.25) is 9.69 Å². The smallest absolute Gasteiger partial charge is 0.234 e. The minimum absolute atomic E-state index is 0.0449. The molecule has 2 rings (SSSR count). The number of hydrogen-bond donors (Lipinski definition) is 2. The van der Waals surface area contributed by atoms with E-state index in [2.05, 4.69) is 10.2 Å². The van der Waals surface area contributed by atoms with E-state index in [0.29, 0.717) is 25.7 Å². The molecule has 5 heteroatoms. The van der Waals surface area contributed by atoms with E-state index in [9.17, 15) is 9.90 Å². The van der Waals surface area contributed by atoms with Gasteiger partial charge in [-0.25, -0.2) is 0 Å². The molecule has 0 radical (unpaired) electrons. The Kier molecular flexibility index (Phi) is 7.02. The molecule has 23 heavy (non-hydrogen) atoms. The van der Waals surface area contributed by atoms with Crippen LogP contribution in [0.1, 0.15) is 37.3 Å². The summed E-state index contributed by atoms with van der Waals surface area (Å²) in [7, 11) is 1.68. The molecular formula is C18H28N2O3. The molecule has 0 saturated carbocycles. The van der Waals surface area contributed by atoms with Crippen molar-refractivity contribution in [2.75, 3.05) is 20.2 Å². The normalized spacial score (nSPS) is 19.7. The number of aliphatic hydroxyl groups is 1. The zero-order chi connectivity index (χ0) is 16.7. The Morgan fingerprint density at radius 2 is 2.09 bits per heavy atom. The molecule has 1 amide bonds. The molecule has 0 bridgehead atoms. The summed E-state index contributed by atoms with van der Waals surface area (Å²) in [4.78, 5) is 14.3. The summed E-state index contributed by atoms with van der Waals surface area (Å²) in [5, 5.41) is 12.5. The number of amides is 1. The number of rotatable bonds is 8. The Morgan fingerprint density at radius 3 is 2.74 bits per heavy atom. The van der Waals surface area contributed by atoms with E-state index in [1.165, 1.54) is 0 Å². The molecule has 1 aliphatic rings. The predicted molar refractivity (Wildman–Crippen MR) is 89.9 cm³/mol. The van der Waals surface area contributed by atoms with Gasteiger partial charge in [-0.05, 0) is 43.9 Å². The minimum Gasteiger partial charge on any atom is -0.393 e. The van der Waals surface area contributed by atoms with Crippen LogP contribution >= 0.6 is 0 Å². The van der Waals surface area contributed by atoms with Crippen molar-refractivity contribution in [1.82, 2.24) is 10.2 Å². The van der Waals surface area contributed by atoms with Gasteiger partial charge in [0.25, 0.3) is 0 Å². The van der Waals surface area contributed by atoms with Gasteiger partial charge in [-0.2, -0.15) is 0 Å². The summed E-state index contributed by atoms with van der Waals surface area (Å²) in [5.74, 6) is 0.0449. The molecule has 5 nitrogen and oxygen atoms in total. The third kappa shape index (κ3) is 5.94. The summed E-state index contributed by atoms with van der Waals surface area (Å²) >= 11 is 0. The summed E-state index contributed by atoms with van der Waals surface area (Å²) in [5.41, 5.74) is 2.21. The van der Waals surface area contributed by atoms with Crippen LogP contribution in [0.3, 0.4) is 0 Å². The molecule has 1 fully saturated rings. The molecule has 2 atom stereocenters. The van der Waals surface area contributed by atoms with E-state index in [-0.39, 0.29) is 12.0 Å². The maximum atomic E-state index is 12.1. The molecule has 0 aromatic heterocycles. The van der Waals surface area contributed by atoms with E-state index in [4.69, 9.17) is 4.74 Å². The summed E-state index contributed by atoms with van der Waals surface area (Å²) in [6.45, 7) is 4.31. The van der Waals surface area contributed by atoms with Crippen LogP contribution in [0.25, 0.3) is 0 Å². The second-order valence-electron chi connectivity index (χ2n) is 6.38. The van der Waals surface area contributed by atoms with Crippen molar-refractivity contribution in [3.63, 3.8) is 0 Å². The second kappa shape index (κ2) is 9.01. The van der Waals surface area contributed by atoms with Crippen LogP contribution in [0.5, 0.6) is 0 Å². The lowest BCUT2D eigenvalue weighted by Crippen LogP contribution is -2.40. The van der Waals surface area contributed by atoms with Crippen LogP contribution in [-0.4, -0.2) is 48.3 Å². The van der Waals surface area contributed by atoms with E-state index in [1.807, 2.05) is 31.2 Å². The summed E-state index contributed by atoms with van der Waals surface area (Å²) in [6.07, 6.45) is 2.60. The topological polar surface area (TPSA) is 61.8 Å². The van der Waals surface area contributed by atoms with Gasteiger partial charge in [-0.1, -0.05) is 24.3 Å². The summed E-state index contributed by atoms with van der Waals surface area (Å²) < 4.78 is 5.08. The molecule has 0 spiro atoms. The Balaban J connectivity index is 1.76. The van der Waals surface area contributed by atoms with E-state index in [1.54, 1.807) is 7.11 Å². The Labute approximate surface area is 138 Å². The van der Waals surface area contributed by atoms with Crippen molar-refractivity contribution in [2.45, 2.75) is 51.5 Å². The molecule has 1 aliphatic heterocycles. The van der Waals surface area contributed by atoms with Gasteiger partial charge in [-0.15, -0.1) is 0 Å². The average molecular weight is 320 g/mol. The van der Waals surface area contributed by atoms with Gasteiger partial charge in [0.05, 0.1) is 19.3 Å². The van der Waals surface area contributed by atoms with Gasteiger partial charge in [0.15, 0.2) is 0 Å². The lowest BCUT2D eigenvalue weighted by atomic mass is 10.1. The Morgan fingerprint density at radius 1 is 1.39 bits per heavy atom. The molecule has 1 heterocycles. The number of hydrogen-bond acceptors (Lipinski definition) is 4. The van der Waals surface area contributed by atoms with Crippen LogP contribution in [0.4, 0.5) is 0 Å². The number of aliphatic hydroxyl groups excluding tert-OH is 1. The van der Waals surface area contributed by atoms with Gasteiger partial charge in [0, 0.05) is 19.7 Å². The van der Waals surface area contributed by atoms with Crippen LogP contribution < -0.4 is 5.32 Å². The van der Waals surface area contributed by atoms with Gasteiger partial charge >= 0.3 is 0 Å². The highest BCUT2D eigenvalue weighted by atomic mass is 16.5. The standard InChI is InChI=1S/C18H28N2O3/c1-14(21)10-17-4-3-9-20(17)12-18(22)19-11-15-5-7-16(8-6-15)13-23-2/h5-8,14,17,21H,3-4,9-13H2,1-2H3,(H,19,22). The first kappa shape index (κ1) is 17.9. The first-order valence-electron chi connectivity index (χ1n) is 8.34. The number of methoxy groups -OCH3 is 1. The maximum Gasteiger partial charge on any atom is 0.234 e. The molecular weight excluding hydrogens is 292 g/mol. The molecule has 0 aliphatic carbocycles. The van der Waals surface area contributed by atoms with Gasteiger partial charge in [0.1, 0.15) is 0 Å². The first-order valence-corrected chi connectivity index (χ1v) is 8.34. The third-order valence-electron chi connectivity index (χ3n) is 4.28. The largest absolute Gasteiger partial charge is 0.393 e. The van der Waals surface area contributed by atoms with Crippen molar-refractivity contribution < 1.29 is 14.6 Å². The molecule has 2 N–H and O–H groups in total. The lowest BCUT2D eigenvalue weighted by molar-refractivity contribution is -0.122. The molecule has 2 unspecified atom stereocenters. The van der Waals surface area contributed by atoms with Crippen molar-refractivity contribution in [1.29, 1.82) is 0 Å². The zero-order valence-electron chi connectivity index (χ0n) is 14.1. The zero-order valence-corrected chi connectivity index (χ0v) is 14.1. The van der Waals surface area contributed by atoms with Gasteiger partial charge in [0.2, 0.25) is 5.91 Å². The van der Waals surface area contributed by atoms with Crippen LogP contribution in [-0.2, 0) is 22.7 Å². The summed E-state index contributed by atoms with van der Waals surface area (Å²) in [6, 6.07) is 8.39. The SMILES string of the molecule is COCc1ccc(CNC(=O)CN2CCCC2CC(C)O)cc1. The Bertz CT molecular complexity index is 488. The number of nitrogens with zero attached hydrogens (tertiary/aromatic N) is 1. The average Bonchev–Trinajstić information content (AvgIpc) is 2.93. The number of carbonyl (C=O) groups excluding carboxylic acids is 1.